The Hall–Kier alpha value is -1.14. The average Bonchev–Trinajstić information content (AvgIpc) is 2.48. The lowest BCUT2D eigenvalue weighted by Crippen LogP contribution is -2.49. The summed E-state index contributed by atoms with van der Waals surface area (Å²) in [5.74, 6) is 0.0496. The molecular formula is C14H20BrN3O2. The van der Waals surface area contributed by atoms with Crippen molar-refractivity contribution in [3.05, 3.63) is 33.2 Å². The van der Waals surface area contributed by atoms with Crippen LogP contribution in [0.1, 0.15) is 25.8 Å². The molecule has 0 saturated carbocycles. The Morgan fingerprint density at radius 2 is 2.10 bits per heavy atom. The molecule has 5 nitrogen and oxygen atoms in total. The molecule has 0 radical (unpaired) electrons. The molecule has 1 saturated heterocycles. The Morgan fingerprint density at radius 3 is 2.75 bits per heavy atom. The molecule has 1 atom stereocenters. The highest BCUT2D eigenvalue weighted by Crippen LogP contribution is 2.18. The van der Waals surface area contributed by atoms with Gasteiger partial charge >= 0.3 is 0 Å². The number of rotatable bonds is 4. The van der Waals surface area contributed by atoms with Crippen molar-refractivity contribution in [1.82, 2.24) is 14.8 Å². The van der Waals surface area contributed by atoms with E-state index in [1.165, 1.54) is 6.07 Å². The smallest absolute Gasteiger partial charge is 0.251 e. The molecule has 0 aliphatic carbocycles. The van der Waals surface area contributed by atoms with Crippen molar-refractivity contribution in [2.24, 2.45) is 0 Å². The van der Waals surface area contributed by atoms with E-state index in [0.29, 0.717) is 19.5 Å². The topological polar surface area (TPSA) is 54.3 Å². The number of nitrogens with zero attached hydrogens (tertiary/aromatic N) is 2. The minimum atomic E-state index is -0.400. The van der Waals surface area contributed by atoms with E-state index in [2.05, 4.69) is 21.2 Å². The maximum Gasteiger partial charge on any atom is 0.251 e. The van der Waals surface area contributed by atoms with Gasteiger partial charge in [0.05, 0.1) is 0 Å². The summed E-state index contributed by atoms with van der Waals surface area (Å²) >= 11 is 3.37. The van der Waals surface area contributed by atoms with Crippen LogP contribution in [0.3, 0.4) is 0 Å². The van der Waals surface area contributed by atoms with Gasteiger partial charge in [-0.2, -0.15) is 0 Å². The van der Waals surface area contributed by atoms with E-state index in [1.54, 1.807) is 16.8 Å². The van der Waals surface area contributed by atoms with Gasteiger partial charge in [-0.3, -0.25) is 9.59 Å². The van der Waals surface area contributed by atoms with Crippen LogP contribution in [-0.4, -0.2) is 41.6 Å². The average molecular weight is 342 g/mol. The third kappa shape index (κ3) is 3.49. The van der Waals surface area contributed by atoms with Crippen LogP contribution < -0.4 is 10.9 Å². The summed E-state index contributed by atoms with van der Waals surface area (Å²) in [4.78, 5) is 26.6. The molecule has 1 aromatic heterocycles. The van der Waals surface area contributed by atoms with Gasteiger partial charge in [0.15, 0.2) is 0 Å². The third-order valence-corrected chi connectivity index (χ3v) is 3.98. The molecule has 1 N–H and O–H groups in total. The molecule has 1 fully saturated rings. The Bertz CT molecular complexity index is 523. The summed E-state index contributed by atoms with van der Waals surface area (Å²) in [6, 6.07) is 2.80. The summed E-state index contributed by atoms with van der Waals surface area (Å²) in [6.07, 6.45) is 3.25. The molecule has 1 amide bonds. The lowest BCUT2D eigenvalue weighted by molar-refractivity contribution is -0.135. The zero-order chi connectivity index (χ0) is 14.5. The van der Waals surface area contributed by atoms with Gasteiger partial charge in [0, 0.05) is 42.9 Å². The van der Waals surface area contributed by atoms with Crippen LogP contribution in [0.15, 0.2) is 27.6 Å². The maximum absolute atomic E-state index is 12.7. The molecule has 20 heavy (non-hydrogen) atoms. The highest BCUT2D eigenvalue weighted by molar-refractivity contribution is 9.10. The molecule has 1 unspecified atom stereocenters. The first-order chi connectivity index (χ1) is 9.63. The number of pyridine rings is 1. The van der Waals surface area contributed by atoms with E-state index in [1.807, 2.05) is 11.8 Å². The van der Waals surface area contributed by atoms with Crippen LogP contribution in [0.4, 0.5) is 0 Å². The third-order valence-electron chi connectivity index (χ3n) is 3.51. The Kier molecular flexibility index (Phi) is 5.37. The predicted octanol–water partition coefficient (Wildman–Crippen LogP) is 1.38. The first-order valence-electron chi connectivity index (χ1n) is 7.00. The van der Waals surface area contributed by atoms with Crippen molar-refractivity contribution in [3.63, 3.8) is 0 Å². The molecule has 6 heteroatoms. The first kappa shape index (κ1) is 15.3. The van der Waals surface area contributed by atoms with Crippen molar-refractivity contribution in [1.29, 1.82) is 0 Å². The number of amides is 1. The molecule has 110 valence electrons. The Morgan fingerprint density at radius 1 is 1.40 bits per heavy atom. The van der Waals surface area contributed by atoms with E-state index in [-0.39, 0.29) is 11.5 Å². The van der Waals surface area contributed by atoms with Crippen molar-refractivity contribution in [2.75, 3.05) is 26.2 Å². The van der Waals surface area contributed by atoms with E-state index in [4.69, 9.17) is 0 Å². The Balaban J connectivity index is 2.27. The first-order valence-corrected chi connectivity index (χ1v) is 7.80. The monoisotopic (exact) mass is 341 g/mol. The van der Waals surface area contributed by atoms with E-state index >= 15 is 0 Å². The van der Waals surface area contributed by atoms with E-state index < -0.39 is 6.04 Å². The second kappa shape index (κ2) is 7.04. The van der Waals surface area contributed by atoms with E-state index in [0.717, 1.165) is 24.0 Å². The molecule has 2 heterocycles. The second-order valence-electron chi connectivity index (χ2n) is 4.97. The maximum atomic E-state index is 12.7. The van der Waals surface area contributed by atoms with Gasteiger partial charge in [-0.05, 0) is 28.4 Å². The summed E-state index contributed by atoms with van der Waals surface area (Å²) in [6.45, 7) is 5.08. The highest BCUT2D eigenvalue weighted by atomic mass is 79.9. The van der Waals surface area contributed by atoms with Crippen LogP contribution in [0.25, 0.3) is 0 Å². The number of halogens is 1. The number of piperazine rings is 1. The molecule has 2 rings (SSSR count). The minimum Gasteiger partial charge on any atom is -0.338 e. The van der Waals surface area contributed by atoms with Crippen LogP contribution in [0.2, 0.25) is 0 Å². The van der Waals surface area contributed by atoms with Gasteiger partial charge in [-0.1, -0.05) is 13.3 Å². The predicted molar refractivity (Wildman–Crippen MR) is 81.8 cm³/mol. The molecule has 1 aliphatic heterocycles. The van der Waals surface area contributed by atoms with Crippen LogP contribution in [0, 0.1) is 0 Å². The fourth-order valence-corrected chi connectivity index (χ4v) is 2.82. The van der Waals surface area contributed by atoms with Gasteiger partial charge in [0.2, 0.25) is 5.91 Å². The number of nitrogens with one attached hydrogen (secondary N) is 1. The largest absolute Gasteiger partial charge is 0.338 e. The zero-order valence-electron chi connectivity index (χ0n) is 11.6. The standard InChI is InChI=1S/C14H20BrN3O2/c1-2-3-12(14(20)17-8-6-16-7-9-17)18-10-11(15)4-5-13(18)19/h4-5,10,12,16H,2-3,6-9H2,1H3. The molecule has 1 aromatic rings. The molecule has 0 spiro atoms. The summed E-state index contributed by atoms with van der Waals surface area (Å²) in [5.41, 5.74) is -0.130. The number of aromatic nitrogens is 1. The Labute approximate surface area is 127 Å². The molecule has 0 aromatic carbocycles. The SMILES string of the molecule is CCCC(C(=O)N1CCNCC1)n1cc(Br)ccc1=O. The summed E-state index contributed by atoms with van der Waals surface area (Å²) in [7, 11) is 0. The number of carbonyl (C=O) groups is 1. The van der Waals surface area contributed by atoms with Crippen LogP contribution in [-0.2, 0) is 4.79 Å². The van der Waals surface area contributed by atoms with Crippen molar-refractivity contribution in [3.8, 4) is 0 Å². The normalized spacial score (nSPS) is 17.0. The lowest BCUT2D eigenvalue weighted by atomic mass is 10.1. The quantitative estimate of drug-likeness (QED) is 0.900. The van der Waals surface area contributed by atoms with Crippen molar-refractivity contribution < 1.29 is 4.79 Å². The lowest BCUT2D eigenvalue weighted by Gasteiger charge is -2.31. The van der Waals surface area contributed by atoms with Gasteiger partial charge in [-0.25, -0.2) is 0 Å². The fourth-order valence-electron chi connectivity index (χ4n) is 2.47. The summed E-state index contributed by atoms with van der Waals surface area (Å²) in [5, 5.41) is 3.23. The van der Waals surface area contributed by atoms with Gasteiger partial charge < -0.3 is 14.8 Å². The van der Waals surface area contributed by atoms with Crippen LogP contribution >= 0.6 is 15.9 Å². The van der Waals surface area contributed by atoms with Gasteiger partial charge in [0.1, 0.15) is 6.04 Å². The zero-order valence-corrected chi connectivity index (χ0v) is 13.2. The summed E-state index contributed by atoms with van der Waals surface area (Å²) < 4.78 is 2.36. The molecule has 1 aliphatic rings. The number of hydrogen-bond acceptors (Lipinski definition) is 3. The fraction of sp³-hybridized carbons (Fsp3) is 0.571. The number of hydrogen-bond donors (Lipinski definition) is 1. The number of carbonyl (C=O) groups excluding carboxylic acids is 1. The van der Waals surface area contributed by atoms with Crippen LogP contribution in [0.5, 0.6) is 0 Å². The van der Waals surface area contributed by atoms with Crippen molar-refractivity contribution >= 4 is 21.8 Å². The van der Waals surface area contributed by atoms with Crippen molar-refractivity contribution in [2.45, 2.75) is 25.8 Å². The van der Waals surface area contributed by atoms with Gasteiger partial charge in [0.25, 0.3) is 5.56 Å². The van der Waals surface area contributed by atoms with E-state index in [9.17, 15) is 9.59 Å². The molecular weight excluding hydrogens is 322 g/mol. The minimum absolute atomic E-state index is 0.0496. The second-order valence-corrected chi connectivity index (χ2v) is 5.89. The highest BCUT2D eigenvalue weighted by Gasteiger charge is 2.26. The molecule has 0 bridgehead atoms. The van der Waals surface area contributed by atoms with Gasteiger partial charge in [-0.15, -0.1) is 0 Å².